The van der Waals surface area contributed by atoms with Crippen molar-refractivity contribution >= 4 is 27.0 Å². The van der Waals surface area contributed by atoms with Gasteiger partial charge in [-0.05, 0) is 0 Å². The molecule has 0 unspecified atom stereocenters. The predicted octanol–water partition coefficient (Wildman–Crippen LogP) is 2.16. The summed E-state index contributed by atoms with van der Waals surface area (Å²) in [6.45, 7) is 13.6. The van der Waals surface area contributed by atoms with Gasteiger partial charge in [0.15, 0.2) is 0 Å². The van der Waals surface area contributed by atoms with E-state index < -0.39 is 0 Å². The topological polar surface area (TPSA) is 0 Å². The molecule has 0 spiro atoms. The fraction of sp³-hybridized carbons (Fsp3) is 0.308. The Morgan fingerprint density at radius 1 is 0.667 bits per heavy atom. The maximum atomic E-state index is 2.31. The molecule has 0 amide bonds. The molecule has 0 aromatic heterocycles. The Morgan fingerprint density at radius 2 is 0.967 bits per heavy atom. The molecule has 0 aliphatic rings. The predicted molar refractivity (Wildman–Crippen MR) is 125 cm³/mol. The second-order valence-electron chi connectivity index (χ2n) is 8.06. The van der Waals surface area contributed by atoms with Gasteiger partial charge in [-0.25, -0.2) is 0 Å². The van der Waals surface area contributed by atoms with E-state index >= 15 is 0 Å². The van der Waals surface area contributed by atoms with E-state index in [-0.39, 0.29) is 30.2 Å². The first-order valence-electron chi connectivity index (χ1n) is 10.1. The van der Waals surface area contributed by atoms with E-state index in [4.69, 9.17) is 0 Å². The smallest absolute Gasteiger partial charge is 1.00 e. The Balaban J connectivity index is 0.000000452. The van der Waals surface area contributed by atoms with Crippen molar-refractivity contribution in [1.82, 2.24) is 0 Å². The van der Waals surface area contributed by atoms with Gasteiger partial charge in [-0.15, -0.1) is 82.2 Å². The summed E-state index contributed by atoms with van der Waals surface area (Å²) in [5.41, 5.74) is 3.14. The fourth-order valence-electron chi connectivity index (χ4n) is 3.36. The largest absolute Gasteiger partial charge is 1.00 e. The van der Waals surface area contributed by atoms with E-state index in [1.807, 2.05) is 0 Å². The van der Waals surface area contributed by atoms with E-state index in [1.165, 1.54) is 32.7 Å². The molecular weight excluding hydrogens is 503 g/mol. The van der Waals surface area contributed by atoms with Gasteiger partial charge in [0.2, 0.25) is 0 Å². The first-order chi connectivity index (χ1) is 13.3. The van der Waals surface area contributed by atoms with E-state index in [1.54, 1.807) is 23.3 Å². The second kappa shape index (κ2) is 14.4. The van der Waals surface area contributed by atoms with Crippen LogP contribution in [0.2, 0.25) is 13.1 Å². The Morgan fingerprint density at radius 3 is 1.27 bits per heavy atom. The molecule has 0 N–H and O–H groups in total. The van der Waals surface area contributed by atoms with Crippen LogP contribution in [-0.2, 0) is 23.3 Å². The van der Waals surface area contributed by atoms with Crippen molar-refractivity contribution in [3.8, 4) is 0 Å². The first kappa shape index (κ1) is 29.3. The molecule has 0 fully saturated rings. The van der Waals surface area contributed by atoms with Gasteiger partial charge in [0, 0.05) is 0 Å². The molecule has 0 saturated heterocycles. The number of hydrogen-bond acceptors (Lipinski definition) is 0. The Bertz CT molecular complexity index is 946. The number of benzene rings is 2. The molecule has 0 heterocycles. The Hall–Kier alpha value is -0.660. The van der Waals surface area contributed by atoms with Gasteiger partial charge in [-0.1, -0.05) is 51.7 Å². The number of rotatable bonds is 2. The van der Waals surface area contributed by atoms with Gasteiger partial charge < -0.3 is 24.8 Å². The molecule has 0 nitrogen and oxygen atoms in total. The van der Waals surface area contributed by atoms with Crippen molar-refractivity contribution < 1.29 is 48.1 Å². The molecule has 4 heteroatoms. The van der Waals surface area contributed by atoms with Gasteiger partial charge in [0.1, 0.15) is 0 Å². The molecule has 0 bridgehead atoms. The third kappa shape index (κ3) is 8.46. The summed E-state index contributed by atoms with van der Waals surface area (Å²) in [6.07, 6.45) is 0. The van der Waals surface area contributed by atoms with E-state index in [2.05, 4.69) is 114 Å². The monoisotopic (exact) mass is 532 g/mol. The van der Waals surface area contributed by atoms with Crippen LogP contribution < -0.4 is 24.8 Å². The average Bonchev–Trinajstić information content (AvgIpc) is 3.26. The summed E-state index contributed by atoms with van der Waals surface area (Å²) >= 11 is 1.74. The Labute approximate surface area is 210 Å². The summed E-state index contributed by atoms with van der Waals surface area (Å²) in [4.78, 5) is 0. The molecule has 4 aromatic rings. The molecule has 0 radical (unpaired) electrons. The van der Waals surface area contributed by atoms with Crippen LogP contribution in [0, 0.1) is 0 Å². The zero-order valence-corrected chi connectivity index (χ0v) is 23.8. The van der Waals surface area contributed by atoms with Crippen LogP contribution in [0.1, 0.15) is 50.7 Å². The minimum absolute atomic E-state index is 0. The van der Waals surface area contributed by atoms with Crippen LogP contribution >= 0.6 is 0 Å². The number of hydrogen-bond donors (Lipinski definition) is 0. The van der Waals surface area contributed by atoms with Gasteiger partial charge in [0.25, 0.3) is 0 Å². The third-order valence-electron chi connectivity index (χ3n) is 4.67. The van der Waals surface area contributed by atoms with Gasteiger partial charge >= 0.3 is 41.9 Å². The van der Waals surface area contributed by atoms with Crippen molar-refractivity contribution in [3.05, 3.63) is 83.9 Å². The minimum Gasteiger partial charge on any atom is -1.00 e. The summed E-state index contributed by atoms with van der Waals surface area (Å²) in [7, 11) is 0. The fourth-order valence-corrected chi connectivity index (χ4v) is 3.36. The minimum atomic E-state index is 0. The average molecular weight is 535 g/mol. The van der Waals surface area contributed by atoms with Crippen LogP contribution in [0.4, 0.5) is 0 Å². The summed E-state index contributed by atoms with van der Waals surface area (Å²) in [5, 5.41) is 5.54. The van der Waals surface area contributed by atoms with Gasteiger partial charge in [0.05, 0.1) is 0 Å². The van der Waals surface area contributed by atoms with Crippen LogP contribution in [0.5, 0.6) is 0 Å². The number of halogens is 2. The van der Waals surface area contributed by atoms with Crippen LogP contribution in [0.15, 0.2) is 72.8 Å². The normalized spacial score (nSPS) is 9.93. The van der Waals surface area contributed by atoms with Crippen LogP contribution in [0.3, 0.4) is 0 Å². The number of fused-ring (bicyclic) bond motifs is 2. The van der Waals surface area contributed by atoms with E-state index in [0.29, 0.717) is 11.8 Å². The quantitative estimate of drug-likeness (QED) is 0.273. The summed E-state index contributed by atoms with van der Waals surface area (Å²) in [5.74, 6) is 1.26. The van der Waals surface area contributed by atoms with Crippen LogP contribution in [-0.4, -0.2) is 5.43 Å². The molecule has 0 atom stereocenters. The molecule has 0 aliphatic heterocycles. The summed E-state index contributed by atoms with van der Waals surface area (Å²) in [6, 6.07) is 26.0. The SMILES string of the molecule is CC(C)c1c[cH-]c2ccccc12.CC(C)c1c[cH-]c2ccccc12.C[Si](C)=[Zr+2].[Cl-].[Cl-]. The van der Waals surface area contributed by atoms with Crippen molar-refractivity contribution in [2.75, 3.05) is 0 Å². The molecule has 0 saturated carbocycles. The third-order valence-corrected chi connectivity index (χ3v) is 4.67. The molecular formula is C26H32Cl2SiZr-2. The van der Waals surface area contributed by atoms with Crippen molar-refractivity contribution in [2.45, 2.75) is 52.6 Å². The maximum Gasteiger partial charge on any atom is -1.00 e. The van der Waals surface area contributed by atoms with Crippen molar-refractivity contribution in [3.63, 3.8) is 0 Å². The molecule has 0 aliphatic carbocycles. The van der Waals surface area contributed by atoms with E-state index in [0.717, 1.165) is 0 Å². The molecule has 160 valence electrons. The zero-order valence-electron chi connectivity index (χ0n) is 18.8. The van der Waals surface area contributed by atoms with Crippen LogP contribution in [0.25, 0.3) is 21.5 Å². The van der Waals surface area contributed by atoms with Crippen molar-refractivity contribution in [2.24, 2.45) is 0 Å². The van der Waals surface area contributed by atoms with Gasteiger partial charge in [-0.3, -0.25) is 0 Å². The molecule has 4 rings (SSSR count). The molecule has 30 heavy (non-hydrogen) atoms. The zero-order chi connectivity index (χ0) is 20.7. The molecule has 4 aromatic carbocycles. The maximum absolute atomic E-state index is 2.31. The standard InChI is InChI=1S/2C12H13.C2H6Si.2ClH.Zr/c2*1-9(2)11-8-7-10-5-3-4-6-12(10)11;1-3-2;;;/h2*3-9H,1-2H3;1-2H3;2*1H;/q2*-1;;;;+2/p-2. The van der Waals surface area contributed by atoms with Crippen molar-refractivity contribution in [1.29, 1.82) is 0 Å². The van der Waals surface area contributed by atoms with E-state index in [9.17, 15) is 0 Å². The van der Waals surface area contributed by atoms with Gasteiger partial charge in [-0.2, -0.15) is 11.1 Å². The first-order valence-corrected chi connectivity index (χ1v) is 16.3. The summed E-state index contributed by atoms with van der Waals surface area (Å²) < 4.78 is 0. The second-order valence-corrected chi connectivity index (χ2v) is 17.4. The Kier molecular flexibility index (Phi) is 14.1.